The average molecular weight is 424 g/mol. The Morgan fingerprint density at radius 3 is 2.35 bits per heavy atom. The third-order valence-corrected chi connectivity index (χ3v) is 4.69. The van der Waals surface area contributed by atoms with Gasteiger partial charge in [-0.25, -0.2) is 0 Å². The lowest BCUT2D eigenvalue weighted by atomic mass is 10.1. The zero-order chi connectivity index (χ0) is 22.4. The molecular weight excluding hydrogens is 398 g/mol. The summed E-state index contributed by atoms with van der Waals surface area (Å²) in [6.07, 6.45) is 0. The fourth-order valence-electron chi connectivity index (χ4n) is 3.01. The summed E-state index contributed by atoms with van der Waals surface area (Å²) in [7, 11) is 5.53. The van der Waals surface area contributed by atoms with E-state index in [0.29, 0.717) is 28.8 Å². The zero-order valence-electron chi connectivity index (χ0n) is 17.8. The fraction of sp³-hybridized carbons (Fsp3) is 0.273. The van der Waals surface area contributed by atoms with Crippen molar-refractivity contribution < 1.29 is 19.2 Å². The van der Waals surface area contributed by atoms with Crippen LogP contribution >= 0.6 is 0 Å². The standard InChI is InChI=1S/C22H25N5O4/c1-26(2)13-12-23-19(28)14-24-21(29)20-17-6-4-5-7-18(17)22(30)27(25-20)15-8-10-16(31-3)11-9-15/h4-11H,12-14H2,1-3H3,(H,23,28)(H,24,29)/p+1. The molecule has 1 heterocycles. The van der Waals surface area contributed by atoms with Crippen LogP contribution in [-0.4, -0.2) is 62.4 Å². The van der Waals surface area contributed by atoms with Crippen molar-refractivity contribution in [2.24, 2.45) is 0 Å². The lowest BCUT2D eigenvalue weighted by Gasteiger charge is -2.12. The lowest BCUT2D eigenvalue weighted by Crippen LogP contribution is -3.06. The monoisotopic (exact) mass is 424 g/mol. The average Bonchev–Trinajstić information content (AvgIpc) is 2.78. The molecule has 0 spiro atoms. The van der Waals surface area contributed by atoms with Crippen LogP contribution in [0.4, 0.5) is 0 Å². The molecule has 162 valence electrons. The number of carbonyl (C=O) groups excluding carboxylic acids is 2. The molecule has 0 aliphatic heterocycles. The van der Waals surface area contributed by atoms with Crippen molar-refractivity contribution in [3.63, 3.8) is 0 Å². The molecule has 3 aromatic rings. The Morgan fingerprint density at radius 2 is 1.71 bits per heavy atom. The summed E-state index contributed by atoms with van der Waals surface area (Å²) in [6, 6.07) is 13.5. The van der Waals surface area contributed by atoms with E-state index in [9.17, 15) is 14.4 Å². The number of carbonyl (C=O) groups is 2. The van der Waals surface area contributed by atoms with Crippen molar-refractivity contribution in [3.05, 3.63) is 64.6 Å². The first-order valence-electron chi connectivity index (χ1n) is 9.91. The summed E-state index contributed by atoms with van der Waals surface area (Å²) in [6.45, 7) is 1.11. The zero-order valence-corrected chi connectivity index (χ0v) is 17.8. The van der Waals surface area contributed by atoms with Crippen molar-refractivity contribution in [2.45, 2.75) is 0 Å². The third kappa shape index (κ3) is 5.26. The van der Waals surface area contributed by atoms with Gasteiger partial charge in [-0.05, 0) is 30.3 Å². The summed E-state index contributed by atoms with van der Waals surface area (Å²) in [5.41, 5.74) is 0.215. The quantitative estimate of drug-likeness (QED) is 0.447. The van der Waals surface area contributed by atoms with Gasteiger partial charge in [0.1, 0.15) is 5.75 Å². The first-order chi connectivity index (χ1) is 14.9. The van der Waals surface area contributed by atoms with Crippen LogP contribution in [0.2, 0.25) is 0 Å². The number of ether oxygens (including phenoxy) is 1. The van der Waals surface area contributed by atoms with E-state index in [1.54, 1.807) is 55.6 Å². The summed E-state index contributed by atoms with van der Waals surface area (Å²) >= 11 is 0. The molecule has 2 aromatic carbocycles. The van der Waals surface area contributed by atoms with E-state index in [0.717, 1.165) is 6.54 Å². The van der Waals surface area contributed by atoms with Gasteiger partial charge in [-0.2, -0.15) is 9.78 Å². The summed E-state index contributed by atoms with van der Waals surface area (Å²) < 4.78 is 6.33. The van der Waals surface area contributed by atoms with Crippen LogP contribution in [0.25, 0.3) is 16.5 Å². The Morgan fingerprint density at radius 1 is 1.03 bits per heavy atom. The molecule has 0 saturated carbocycles. The van der Waals surface area contributed by atoms with Crippen LogP contribution in [0.1, 0.15) is 10.5 Å². The van der Waals surface area contributed by atoms with E-state index < -0.39 is 5.91 Å². The second-order valence-electron chi connectivity index (χ2n) is 7.30. The highest BCUT2D eigenvalue weighted by Gasteiger charge is 2.18. The van der Waals surface area contributed by atoms with Crippen LogP contribution in [0.5, 0.6) is 5.75 Å². The smallest absolute Gasteiger partial charge is 0.279 e. The summed E-state index contributed by atoms with van der Waals surface area (Å²) in [4.78, 5) is 39.0. The molecule has 1 aromatic heterocycles. The van der Waals surface area contributed by atoms with E-state index >= 15 is 0 Å². The molecule has 0 aliphatic rings. The molecule has 3 rings (SSSR count). The van der Waals surface area contributed by atoms with Gasteiger partial charge >= 0.3 is 0 Å². The minimum Gasteiger partial charge on any atom is -0.497 e. The van der Waals surface area contributed by atoms with Gasteiger partial charge in [0.15, 0.2) is 5.69 Å². The third-order valence-electron chi connectivity index (χ3n) is 4.69. The van der Waals surface area contributed by atoms with Crippen molar-refractivity contribution in [3.8, 4) is 11.4 Å². The molecule has 0 atom stereocenters. The Hall–Kier alpha value is -3.72. The number of nitrogens with one attached hydrogen (secondary N) is 3. The van der Waals surface area contributed by atoms with Crippen molar-refractivity contribution >= 4 is 22.6 Å². The molecule has 0 fully saturated rings. The molecule has 2 amide bonds. The van der Waals surface area contributed by atoms with Gasteiger partial charge in [0.25, 0.3) is 11.5 Å². The van der Waals surface area contributed by atoms with Crippen molar-refractivity contribution in [1.29, 1.82) is 0 Å². The highest BCUT2D eigenvalue weighted by Crippen LogP contribution is 2.17. The van der Waals surface area contributed by atoms with Crippen LogP contribution < -0.4 is 25.8 Å². The maximum Gasteiger partial charge on any atom is 0.279 e. The SMILES string of the molecule is COc1ccc(-n2nc(C(=O)NCC(=O)NCC[NH+](C)C)c3ccccc3c2=O)cc1. The fourth-order valence-corrected chi connectivity index (χ4v) is 3.01. The summed E-state index contributed by atoms with van der Waals surface area (Å²) in [5, 5.41) is 10.4. The first-order valence-corrected chi connectivity index (χ1v) is 9.91. The van der Waals surface area contributed by atoms with E-state index in [2.05, 4.69) is 15.7 Å². The highest BCUT2D eigenvalue weighted by molar-refractivity contribution is 6.05. The van der Waals surface area contributed by atoms with Crippen molar-refractivity contribution in [2.75, 3.05) is 40.8 Å². The number of benzene rings is 2. The normalized spacial score (nSPS) is 10.8. The van der Waals surface area contributed by atoms with Crippen molar-refractivity contribution in [1.82, 2.24) is 20.4 Å². The maximum atomic E-state index is 13.0. The largest absolute Gasteiger partial charge is 0.497 e. The van der Waals surface area contributed by atoms with E-state index in [4.69, 9.17) is 4.74 Å². The van der Waals surface area contributed by atoms with E-state index in [-0.39, 0.29) is 23.7 Å². The van der Waals surface area contributed by atoms with E-state index in [1.165, 1.54) is 9.58 Å². The molecule has 0 unspecified atom stereocenters. The predicted molar refractivity (Wildman–Crippen MR) is 117 cm³/mol. The number of nitrogens with zero attached hydrogens (tertiary/aromatic N) is 2. The van der Waals surface area contributed by atoms with Gasteiger partial charge in [-0.3, -0.25) is 14.4 Å². The number of fused-ring (bicyclic) bond motifs is 1. The number of quaternary nitrogens is 1. The first kappa shape index (κ1) is 22.0. The molecule has 0 bridgehead atoms. The van der Waals surface area contributed by atoms with Crippen LogP contribution in [0.3, 0.4) is 0 Å². The van der Waals surface area contributed by atoms with E-state index in [1.807, 2.05) is 14.1 Å². The van der Waals surface area contributed by atoms with Gasteiger partial charge in [0.2, 0.25) is 5.91 Å². The Balaban J connectivity index is 1.88. The second-order valence-corrected chi connectivity index (χ2v) is 7.30. The Bertz CT molecular complexity index is 1140. The maximum absolute atomic E-state index is 13.0. The number of hydrogen-bond acceptors (Lipinski definition) is 5. The molecular formula is C22H26N5O4+. The minimum atomic E-state index is -0.535. The minimum absolute atomic E-state index is 0.0663. The molecule has 3 N–H and O–H groups in total. The predicted octanol–water partition coefficient (Wildman–Crippen LogP) is -0.615. The number of rotatable bonds is 8. The Labute approximate surface area is 179 Å². The van der Waals surface area contributed by atoms with Crippen LogP contribution in [0, 0.1) is 0 Å². The topological polar surface area (TPSA) is 107 Å². The number of hydrogen-bond donors (Lipinski definition) is 3. The highest BCUT2D eigenvalue weighted by atomic mass is 16.5. The summed E-state index contributed by atoms with van der Waals surface area (Å²) in [5.74, 6) is -0.188. The molecule has 0 aliphatic carbocycles. The Kier molecular flexibility index (Phi) is 6.99. The lowest BCUT2D eigenvalue weighted by molar-refractivity contribution is -0.856. The molecule has 0 saturated heterocycles. The van der Waals surface area contributed by atoms with Gasteiger partial charge in [-0.1, -0.05) is 18.2 Å². The number of likely N-dealkylation sites (N-methyl/N-ethyl adjacent to an activating group) is 1. The molecule has 31 heavy (non-hydrogen) atoms. The van der Waals surface area contributed by atoms with Gasteiger partial charge in [0.05, 0.1) is 51.9 Å². The number of methoxy groups -OCH3 is 1. The molecule has 9 nitrogen and oxygen atoms in total. The number of amides is 2. The van der Waals surface area contributed by atoms with Crippen LogP contribution in [0.15, 0.2) is 53.3 Å². The van der Waals surface area contributed by atoms with Gasteiger partial charge in [0, 0.05) is 5.39 Å². The second kappa shape index (κ2) is 9.86. The molecule has 0 radical (unpaired) electrons. The molecule has 9 heteroatoms. The van der Waals surface area contributed by atoms with Gasteiger partial charge in [-0.15, -0.1) is 0 Å². The number of aromatic nitrogens is 2. The van der Waals surface area contributed by atoms with Gasteiger partial charge < -0.3 is 20.3 Å². The van der Waals surface area contributed by atoms with Crippen LogP contribution in [-0.2, 0) is 4.79 Å².